The molecule has 0 amide bonds. The summed E-state index contributed by atoms with van der Waals surface area (Å²) >= 11 is 0. The molecule has 0 bridgehead atoms. The van der Waals surface area contributed by atoms with Crippen molar-refractivity contribution in [1.82, 2.24) is 9.55 Å². The fourth-order valence-corrected chi connectivity index (χ4v) is 2.30. The van der Waals surface area contributed by atoms with Crippen molar-refractivity contribution in [2.24, 2.45) is 0 Å². The molecule has 0 aliphatic rings. The van der Waals surface area contributed by atoms with Gasteiger partial charge in [0.25, 0.3) is 5.56 Å². The number of pyridine rings is 2. The lowest BCUT2D eigenvalue weighted by Crippen LogP contribution is -2.25. The molecule has 3 rings (SSSR count). The van der Waals surface area contributed by atoms with Crippen molar-refractivity contribution in [3.8, 4) is 17.1 Å². The lowest BCUT2D eigenvalue weighted by atomic mass is 10.1. The normalized spacial score (nSPS) is 10.9. The molecule has 0 unspecified atom stereocenters. The van der Waals surface area contributed by atoms with Gasteiger partial charge in [0.1, 0.15) is 0 Å². The van der Waals surface area contributed by atoms with Gasteiger partial charge in [0.05, 0.1) is 17.0 Å². The standard InChI is InChI=1S/C17H14N2O3/c20-16-13(17(21)22)9-10-15(14-8-4-5-11-18-14)19(16)12-6-2-1-3-7-12/h1-11,17,21-22H. The molecule has 110 valence electrons. The van der Waals surface area contributed by atoms with Crippen molar-refractivity contribution in [2.75, 3.05) is 0 Å². The zero-order chi connectivity index (χ0) is 15.5. The van der Waals surface area contributed by atoms with E-state index in [4.69, 9.17) is 0 Å². The number of aliphatic hydroxyl groups is 2. The van der Waals surface area contributed by atoms with Crippen LogP contribution in [0, 0.1) is 0 Å². The summed E-state index contributed by atoms with van der Waals surface area (Å²) in [6.07, 6.45) is -0.176. The number of rotatable bonds is 3. The largest absolute Gasteiger partial charge is 0.364 e. The molecule has 0 saturated carbocycles. The number of nitrogens with zero attached hydrogens (tertiary/aromatic N) is 2. The highest BCUT2D eigenvalue weighted by Crippen LogP contribution is 2.20. The first-order chi connectivity index (χ1) is 10.7. The van der Waals surface area contributed by atoms with Gasteiger partial charge in [0, 0.05) is 11.9 Å². The average molecular weight is 294 g/mol. The molecule has 0 fully saturated rings. The smallest absolute Gasteiger partial charge is 0.263 e. The monoisotopic (exact) mass is 294 g/mol. The van der Waals surface area contributed by atoms with Crippen LogP contribution in [-0.4, -0.2) is 19.8 Å². The predicted octanol–water partition coefficient (Wildman–Crippen LogP) is 1.88. The molecule has 22 heavy (non-hydrogen) atoms. The molecule has 3 aromatic rings. The molecule has 5 heteroatoms. The zero-order valence-electron chi connectivity index (χ0n) is 11.6. The average Bonchev–Trinajstić information content (AvgIpc) is 2.55. The third kappa shape index (κ3) is 2.55. The minimum Gasteiger partial charge on any atom is -0.364 e. The Morgan fingerprint density at radius 2 is 1.64 bits per heavy atom. The fourth-order valence-electron chi connectivity index (χ4n) is 2.30. The van der Waals surface area contributed by atoms with Gasteiger partial charge in [0.2, 0.25) is 0 Å². The van der Waals surface area contributed by atoms with E-state index in [1.807, 2.05) is 24.3 Å². The first-order valence-electron chi connectivity index (χ1n) is 6.77. The minimum atomic E-state index is -1.82. The van der Waals surface area contributed by atoms with Gasteiger partial charge in [0.15, 0.2) is 6.29 Å². The van der Waals surface area contributed by atoms with Gasteiger partial charge >= 0.3 is 0 Å². The Labute approximate surface area is 126 Å². The van der Waals surface area contributed by atoms with Crippen molar-refractivity contribution in [1.29, 1.82) is 0 Å². The molecule has 2 N–H and O–H groups in total. The minimum absolute atomic E-state index is 0.0801. The number of aromatic nitrogens is 2. The van der Waals surface area contributed by atoms with E-state index < -0.39 is 11.8 Å². The van der Waals surface area contributed by atoms with Crippen LogP contribution in [0.25, 0.3) is 17.1 Å². The number of hydrogen-bond donors (Lipinski definition) is 2. The quantitative estimate of drug-likeness (QED) is 0.723. The van der Waals surface area contributed by atoms with Crippen LogP contribution < -0.4 is 5.56 Å². The molecule has 0 saturated heterocycles. The van der Waals surface area contributed by atoms with E-state index in [9.17, 15) is 15.0 Å². The van der Waals surface area contributed by atoms with Crippen LogP contribution >= 0.6 is 0 Å². The van der Waals surface area contributed by atoms with Crippen molar-refractivity contribution < 1.29 is 10.2 Å². The van der Waals surface area contributed by atoms with Crippen molar-refractivity contribution in [2.45, 2.75) is 6.29 Å². The van der Waals surface area contributed by atoms with Gasteiger partial charge in [-0.1, -0.05) is 24.3 Å². The van der Waals surface area contributed by atoms with Crippen molar-refractivity contribution in [3.05, 3.63) is 82.8 Å². The highest BCUT2D eigenvalue weighted by atomic mass is 16.5. The molecule has 0 aliphatic heterocycles. The van der Waals surface area contributed by atoms with Gasteiger partial charge < -0.3 is 10.2 Å². The van der Waals surface area contributed by atoms with Crippen LogP contribution in [0.4, 0.5) is 0 Å². The molecule has 1 aromatic carbocycles. The molecule has 5 nitrogen and oxygen atoms in total. The van der Waals surface area contributed by atoms with Crippen LogP contribution in [0.2, 0.25) is 0 Å². The molecule has 2 heterocycles. The molecule has 2 aromatic heterocycles. The van der Waals surface area contributed by atoms with E-state index in [1.54, 1.807) is 36.5 Å². The molecular formula is C17H14N2O3. The first kappa shape index (κ1) is 14.2. The predicted molar refractivity (Wildman–Crippen MR) is 82.4 cm³/mol. The van der Waals surface area contributed by atoms with Crippen LogP contribution in [0.5, 0.6) is 0 Å². The summed E-state index contributed by atoms with van der Waals surface area (Å²) in [6.45, 7) is 0. The van der Waals surface area contributed by atoms with Gasteiger partial charge in [-0.3, -0.25) is 14.3 Å². The van der Waals surface area contributed by atoms with E-state index in [1.165, 1.54) is 10.6 Å². The summed E-state index contributed by atoms with van der Waals surface area (Å²) in [7, 11) is 0. The van der Waals surface area contributed by atoms with Crippen LogP contribution in [0.1, 0.15) is 11.9 Å². The van der Waals surface area contributed by atoms with E-state index >= 15 is 0 Å². The summed E-state index contributed by atoms with van der Waals surface area (Å²) in [5, 5.41) is 18.7. The topological polar surface area (TPSA) is 75.3 Å². The lowest BCUT2D eigenvalue weighted by molar-refractivity contribution is -0.0436. The zero-order valence-corrected chi connectivity index (χ0v) is 11.6. The van der Waals surface area contributed by atoms with Gasteiger partial charge in [-0.05, 0) is 36.4 Å². The Kier molecular flexibility index (Phi) is 3.82. The molecule has 0 spiro atoms. The SMILES string of the molecule is O=c1c(C(O)O)ccc(-c2ccccn2)n1-c1ccccc1. The third-order valence-corrected chi connectivity index (χ3v) is 3.33. The Bertz CT molecular complexity index is 828. The maximum absolute atomic E-state index is 12.6. The number of aliphatic hydroxyl groups excluding tert-OH is 1. The van der Waals surface area contributed by atoms with Gasteiger partial charge in [-0.15, -0.1) is 0 Å². The molecule has 0 atom stereocenters. The Balaban J connectivity index is 2.32. The van der Waals surface area contributed by atoms with Crippen molar-refractivity contribution >= 4 is 0 Å². The highest BCUT2D eigenvalue weighted by Gasteiger charge is 2.16. The number of para-hydroxylation sites is 1. The second-order valence-corrected chi connectivity index (χ2v) is 4.74. The maximum Gasteiger partial charge on any atom is 0.263 e. The fraction of sp³-hybridized carbons (Fsp3) is 0.0588. The third-order valence-electron chi connectivity index (χ3n) is 3.33. The van der Waals surface area contributed by atoms with E-state index in [0.717, 1.165) is 0 Å². The Morgan fingerprint density at radius 3 is 2.27 bits per heavy atom. The maximum atomic E-state index is 12.6. The van der Waals surface area contributed by atoms with Gasteiger partial charge in [-0.25, -0.2) is 0 Å². The van der Waals surface area contributed by atoms with Crippen LogP contribution in [0.15, 0.2) is 71.7 Å². The second kappa shape index (κ2) is 5.93. The van der Waals surface area contributed by atoms with Crippen LogP contribution in [0.3, 0.4) is 0 Å². The summed E-state index contributed by atoms with van der Waals surface area (Å²) in [5.41, 5.74) is 1.28. The summed E-state index contributed by atoms with van der Waals surface area (Å²) in [4.78, 5) is 16.9. The molecular weight excluding hydrogens is 280 g/mol. The summed E-state index contributed by atoms with van der Waals surface area (Å²) in [6, 6.07) is 17.5. The first-order valence-corrected chi connectivity index (χ1v) is 6.77. The van der Waals surface area contributed by atoms with Crippen molar-refractivity contribution in [3.63, 3.8) is 0 Å². The summed E-state index contributed by atoms with van der Waals surface area (Å²) < 4.78 is 1.43. The van der Waals surface area contributed by atoms with E-state index in [2.05, 4.69) is 4.98 Å². The van der Waals surface area contributed by atoms with E-state index in [0.29, 0.717) is 17.1 Å². The number of hydrogen-bond acceptors (Lipinski definition) is 4. The molecule has 0 radical (unpaired) electrons. The highest BCUT2D eigenvalue weighted by molar-refractivity contribution is 5.58. The number of benzene rings is 1. The summed E-state index contributed by atoms with van der Waals surface area (Å²) in [5.74, 6) is 0. The van der Waals surface area contributed by atoms with Gasteiger partial charge in [-0.2, -0.15) is 0 Å². The Morgan fingerprint density at radius 1 is 0.909 bits per heavy atom. The molecule has 0 aliphatic carbocycles. The van der Waals surface area contributed by atoms with Crippen LogP contribution in [-0.2, 0) is 0 Å². The second-order valence-electron chi connectivity index (χ2n) is 4.74. The Hall–Kier alpha value is -2.76. The van der Waals surface area contributed by atoms with E-state index in [-0.39, 0.29) is 5.56 Å². The lowest BCUT2D eigenvalue weighted by Gasteiger charge is -2.15.